The zero-order valence-corrected chi connectivity index (χ0v) is 27.9. The van der Waals surface area contributed by atoms with Gasteiger partial charge in [-0.3, -0.25) is 0 Å². The molecule has 2 heterocycles. The van der Waals surface area contributed by atoms with Crippen molar-refractivity contribution in [3.05, 3.63) is 59.4 Å². The second-order valence-electron chi connectivity index (χ2n) is 11.9. The van der Waals surface area contributed by atoms with E-state index in [0.717, 1.165) is 49.7 Å². The highest BCUT2D eigenvalue weighted by atomic mass is 16.5. The predicted molar refractivity (Wildman–Crippen MR) is 176 cm³/mol. The number of hydrogen-bond donors (Lipinski definition) is 1. The van der Waals surface area contributed by atoms with E-state index in [2.05, 4.69) is 11.8 Å². The van der Waals surface area contributed by atoms with Crippen LogP contribution in [0.4, 0.5) is 5.82 Å². The number of nitrogens with zero attached hydrogens (tertiary/aromatic N) is 5. The van der Waals surface area contributed by atoms with Crippen molar-refractivity contribution in [2.75, 3.05) is 33.3 Å². The lowest BCUT2D eigenvalue weighted by atomic mass is 9.84. The van der Waals surface area contributed by atoms with Crippen molar-refractivity contribution in [2.24, 2.45) is 5.92 Å². The zero-order valence-electron chi connectivity index (χ0n) is 27.9. The van der Waals surface area contributed by atoms with Crippen LogP contribution in [-0.4, -0.2) is 59.2 Å². The summed E-state index contributed by atoms with van der Waals surface area (Å²) in [6, 6.07) is 11.8. The van der Waals surface area contributed by atoms with Gasteiger partial charge < -0.3 is 33.7 Å². The van der Waals surface area contributed by atoms with Crippen LogP contribution in [0.1, 0.15) is 81.7 Å². The van der Waals surface area contributed by atoms with Crippen LogP contribution >= 0.6 is 0 Å². The molecule has 0 saturated heterocycles. The first-order valence-electron chi connectivity index (χ1n) is 16.2. The van der Waals surface area contributed by atoms with Crippen LogP contribution in [0.5, 0.6) is 29.0 Å². The highest BCUT2D eigenvalue weighted by molar-refractivity contribution is 5.66. The molecule has 1 aliphatic rings. The van der Waals surface area contributed by atoms with Crippen molar-refractivity contribution in [1.82, 2.24) is 19.6 Å². The molecule has 4 aromatic rings. The molecule has 5 rings (SSSR count). The zero-order chi connectivity index (χ0) is 32.6. The molecule has 1 aliphatic carbocycles. The van der Waals surface area contributed by atoms with Crippen LogP contribution in [0.2, 0.25) is 0 Å². The topological polar surface area (TPSA) is 113 Å². The first kappa shape index (κ1) is 33.1. The summed E-state index contributed by atoms with van der Waals surface area (Å²) in [7, 11) is 6.55. The minimum atomic E-state index is -0.698. The van der Waals surface area contributed by atoms with Gasteiger partial charge in [-0.15, -0.1) is 5.10 Å². The fraction of sp³-hybridized carbons (Fsp3) is 0.514. The van der Waals surface area contributed by atoms with E-state index in [4.69, 9.17) is 38.8 Å². The normalized spacial score (nSPS) is 14.9. The van der Waals surface area contributed by atoms with E-state index in [0.29, 0.717) is 53.2 Å². The highest BCUT2D eigenvalue weighted by Gasteiger charge is 2.29. The molecular weight excluding hydrogens is 586 g/mol. The van der Waals surface area contributed by atoms with Crippen molar-refractivity contribution in [1.29, 1.82) is 0 Å². The number of aliphatic hydroxyl groups excluding tert-OH is 1. The van der Waals surface area contributed by atoms with Gasteiger partial charge in [0.15, 0.2) is 11.5 Å². The minimum Gasteiger partial charge on any atom is -0.497 e. The van der Waals surface area contributed by atoms with E-state index in [9.17, 15) is 5.11 Å². The molecule has 0 aliphatic heterocycles. The van der Waals surface area contributed by atoms with Gasteiger partial charge in [-0.1, -0.05) is 32.6 Å². The van der Waals surface area contributed by atoms with Gasteiger partial charge in [-0.2, -0.15) is 4.98 Å². The number of fused-ring (bicyclic) bond motifs is 1. The summed E-state index contributed by atoms with van der Waals surface area (Å²) in [6.07, 6.45) is 8.14. The van der Waals surface area contributed by atoms with Gasteiger partial charge in [-0.05, 0) is 56.4 Å². The summed E-state index contributed by atoms with van der Waals surface area (Å²) < 4.78 is 30.5. The van der Waals surface area contributed by atoms with Gasteiger partial charge in [0, 0.05) is 36.3 Å². The Morgan fingerprint density at radius 2 is 1.50 bits per heavy atom. The lowest BCUT2D eigenvalue weighted by Crippen LogP contribution is -2.26. The summed E-state index contributed by atoms with van der Waals surface area (Å²) in [5.74, 6) is 3.47. The van der Waals surface area contributed by atoms with E-state index >= 15 is 0 Å². The van der Waals surface area contributed by atoms with Gasteiger partial charge in [0.2, 0.25) is 0 Å². The third-order valence-corrected chi connectivity index (χ3v) is 8.76. The molecule has 2 aromatic heterocycles. The van der Waals surface area contributed by atoms with Crippen LogP contribution < -0.4 is 28.6 Å². The number of ether oxygens (including phenoxy) is 5. The number of aliphatic hydroxyl groups is 1. The Morgan fingerprint density at radius 3 is 2.04 bits per heavy atom. The molecule has 1 saturated carbocycles. The van der Waals surface area contributed by atoms with Crippen LogP contribution in [0, 0.1) is 5.92 Å². The summed E-state index contributed by atoms with van der Waals surface area (Å²) in [4.78, 5) is 11.9. The maximum atomic E-state index is 11.6. The Balaban J connectivity index is 1.66. The number of anilines is 1. The molecule has 1 N–H and O–H groups in total. The maximum absolute atomic E-state index is 11.6. The Labute approximate surface area is 271 Å². The Morgan fingerprint density at radius 1 is 0.891 bits per heavy atom. The average Bonchev–Trinajstić information content (AvgIpc) is 3.51. The molecule has 2 atom stereocenters. The van der Waals surface area contributed by atoms with Gasteiger partial charge in [0.25, 0.3) is 0 Å². The maximum Gasteiger partial charge on any atom is 0.336 e. The predicted octanol–water partition coefficient (Wildman–Crippen LogP) is 6.55. The first-order valence-corrected chi connectivity index (χ1v) is 16.2. The molecule has 2 aromatic carbocycles. The molecule has 0 spiro atoms. The fourth-order valence-corrected chi connectivity index (χ4v) is 6.25. The molecule has 46 heavy (non-hydrogen) atoms. The Kier molecular flexibility index (Phi) is 11.1. The lowest BCUT2D eigenvalue weighted by molar-refractivity contribution is 0.0792. The van der Waals surface area contributed by atoms with Gasteiger partial charge in [-0.25, -0.2) is 9.50 Å². The molecule has 2 unspecified atom stereocenters. The summed E-state index contributed by atoms with van der Waals surface area (Å²) in [6.45, 7) is 4.96. The molecular formula is C35H47N5O6. The van der Waals surface area contributed by atoms with E-state index in [1.807, 2.05) is 43.3 Å². The SMILES string of the molecule is CCCC(C)Oc1nc(N(Cc2ccc(OC)cc2OC)Cc2ccc(OC)cc2OC)c2ncc(C(O)C3CCCCC3)n2n1. The van der Waals surface area contributed by atoms with Crippen molar-refractivity contribution in [2.45, 2.75) is 84.1 Å². The summed E-state index contributed by atoms with van der Waals surface area (Å²) in [5, 5.41) is 16.4. The average molecular weight is 634 g/mol. The van der Waals surface area contributed by atoms with Gasteiger partial charge >= 0.3 is 6.01 Å². The van der Waals surface area contributed by atoms with Crippen molar-refractivity contribution < 1.29 is 28.8 Å². The van der Waals surface area contributed by atoms with Crippen LogP contribution in [-0.2, 0) is 13.1 Å². The second-order valence-corrected chi connectivity index (χ2v) is 11.9. The fourth-order valence-electron chi connectivity index (χ4n) is 6.25. The van der Waals surface area contributed by atoms with Crippen molar-refractivity contribution in [3.63, 3.8) is 0 Å². The lowest BCUT2D eigenvalue weighted by Gasteiger charge is -2.27. The molecule has 0 bridgehead atoms. The third-order valence-electron chi connectivity index (χ3n) is 8.76. The highest BCUT2D eigenvalue weighted by Crippen LogP contribution is 2.37. The van der Waals surface area contributed by atoms with Crippen molar-refractivity contribution in [3.8, 4) is 29.0 Å². The quantitative estimate of drug-likeness (QED) is 0.155. The van der Waals surface area contributed by atoms with E-state index < -0.39 is 6.10 Å². The molecule has 248 valence electrons. The molecule has 0 radical (unpaired) electrons. The number of benzene rings is 2. The molecule has 11 nitrogen and oxygen atoms in total. The van der Waals surface area contributed by atoms with Crippen LogP contribution in [0.15, 0.2) is 42.6 Å². The van der Waals surface area contributed by atoms with Gasteiger partial charge in [0.05, 0.1) is 46.4 Å². The van der Waals surface area contributed by atoms with E-state index in [1.54, 1.807) is 39.2 Å². The number of imidazole rings is 1. The minimum absolute atomic E-state index is 0.0950. The van der Waals surface area contributed by atoms with Crippen LogP contribution in [0.3, 0.4) is 0 Å². The van der Waals surface area contributed by atoms with Crippen LogP contribution in [0.25, 0.3) is 5.65 Å². The largest absolute Gasteiger partial charge is 0.497 e. The standard InChI is InChI=1S/C35H47N5O6/c1-7-11-23(2)46-35-37-34(33-36-20-29(40(33)38-35)32(41)24-12-9-8-10-13-24)39(21-25-14-16-27(42-3)18-30(25)44-5)22-26-15-17-28(43-4)19-31(26)45-6/h14-20,23-24,32,41H,7-13,21-22H2,1-6H3. The summed E-state index contributed by atoms with van der Waals surface area (Å²) in [5.41, 5.74) is 3.01. The molecule has 11 heteroatoms. The molecule has 1 fully saturated rings. The van der Waals surface area contributed by atoms with E-state index in [1.165, 1.54) is 6.42 Å². The Bertz CT molecular complexity index is 1530. The monoisotopic (exact) mass is 633 g/mol. The number of hydrogen-bond acceptors (Lipinski definition) is 10. The van der Waals surface area contributed by atoms with Crippen molar-refractivity contribution >= 4 is 11.5 Å². The summed E-state index contributed by atoms with van der Waals surface area (Å²) >= 11 is 0. The third kappa shape index (κ3) is 7.41. The number of methoxy groups -OCH3 is 4. The van der Waals surface area contributed by atoms with E-state index in [-0.39, 0.29) is 18.0 Å². The Hall–Kier alpha value is -4.25. The molecule has 0 amide bonds. The number of aromatic nitrogens is 4. The van der Waals surface area contributed by atoms with Gasteiger partial charge in [0.1, 0.15) is 29.1 Å². The second kappa shape index (κ2) is 15.4. The number of rotatable bonds is 15. The first-order chi connectivity index (χ1) is 22.4. The smallest absolute Gasteiger partial charge is 0.336 e.